The number of hydrogen-bond donors (Lipinski definition) is 2. The SMILES string of the molecule is Cc1nc2ccccc2c2c1O[C@]1(CC2)C[C@H]2C(=O)C[C@]3(C(=O)NS(=O)(=O)C4(C)CC4)C[C@H]3/C=C\CCCCC[C@H](NC(=O)N(C)c3ccccc3)C(=O)N2C1. The summed E-state index contributed by atoms with van der Waals surface area (Å²) in [5.41, 5.74) is 1.15. The fourth-order valence-electron chi connectivity index (χ4n) is 9.00. The lowest BCUT2D eigenvalue weighted by Crippen LogP contribution is -2.55. The lowest BCUT2D eigenvalue weighted by molar-refractivity contribution is -0.140. The number of nitrogens with one attached hydrogen (secondary N) is 2. The van der Waals surface area contributed by atoms with E-state index in [0.29, 0.717) is 56.4 Å². The Kier molecular flexibility index (Phi) is 9.74. The number of rotatable bonds is 5. The fraction of sp³-hybridized carbons (Fsp3) is 0.512. The van der Waals surface area contributed by atoms with Gasteiger partial charge in [-0.3, -0.25) is 24.0 Å². The molecule has 5 aliphatic rings. The number of allylic oxidation sites excluding steroid dienone is 2. The van der Waals surface area contributed by atoms with Gasteiger partial charge in [-0.1, -0.05) is 61.4 Å². The lowest BCUT2D eigenvalue weighted by atomic mass is 9.85. The Morgan fingerprint density at radius 1 is 0.982 bits per heavy atom. The molecule has 4 amide bonds. The monoisotopic (exact) mass is 781 g/mol. The highest BCUT2D eigenvalue weighted by atomic mass is 32.2. The quantitative estimate of drug-likeness (QED) is 0.303. The molecule has 0 bridgehead atoms. The number of para-hydroxylation sites is 2. The summed E-state index contributed by atoms with van der Waals surface area (Å²) >= 11 is 0. The number of hydrogen-bond acceptors (Lipinski definition) is 8. The minimum absolute atomic E-state index is 0.115. The van der Waals surface area contributed by atoms with Gasteiger partial charge in [-0.05, 0) is 89.3 Å². The van der Waals surface area contributed by atoms with Crippen LogP contribution in [0.5, 0.6) is 5.75 Å². The summed E-state index contributed by atoms with van der Waals surface area (Å²) in [6.45, 7) is 3.65. The molecule has 1 aromatic heterocycles. The van der Waals surface area contributed by atoms with Crippen LogP contribution in [0.1, 0.15) is 88.8 Å². The van der Waals surface area contributed by atoms with E-state index in [1.165, 1.54) is 4.90 Å². The molecule has 2 aliphatic carbocycles. The van der Waals surface area contributed by atoms with Crippen LogP contribution in [0, 0.1) is 18.3 Å². The van der Waals surface area contributed by atoms with Crippen molar-refractivity contribution < 1.29 is 32.3 Å². The second-order valence-electron chi connectivity index (χ2n) is 17.0. The van der Waals surface area contributed by atoms with Crippen molar-refractivity contribution in [2.75, 3.05) is 18.5 Å². The van der Waals surface area contributed by atoms with E-state index >= 15 is 0 Å². The van der Waals surface area contributed by atoms with Gasteiger partial charge in [0.25, 0.3) is 0 Å². The van der Waals surface area contributed by atoms with Crippen molar-refractivity contribution in [2.45, 2.75) is 113 Å². The van der Waals surface area contributed by atoms with Crippen molar-refractivity contribution in [1.82, 2.24) is 19.9 Å². The number of pyridine rings is 1. The Bertz CT molecular complexity index is 2220. The minimum Gasteiger partial charge on any atom is -0.483 e. The number of carbonyl (C=O) groups is 4. The molecule has 56 heavy (non-hydrogen) atoms. The predicted molar refractivity (Wildman–Crippen MR) is 213 cm³/mol. The van der Waals surface area contributed by atoms with Gasteiger partial charge in [0.2, 0.25) is 21.8 Å². The Balaban J connectivity index is 1.13. The Morgan fingerprint density at radius 2 is 1.73 bits per heavy atom. The predicted octanol–water partition coefficient (Wildman–Crippen LogP) is 5.91. The van der Waals surface area contributed by atoms with Crippen LogP contribution < -0.4 is 19.7 Å². The third-order valence-electron chi connectivity index (χ3n) is 13.0. The first-order valence-electron chi connectivity index (χ1n) is 20.0. The molecule has 5 atom stereocenters. The van der Waals surface area contributed by atoms with Crippen LogP contribution in [-0.4, -0.2) is 78.0 Å². The highest BCUT2D eigenvalue weighted by Gasteiger charge is 2.63. The largest absolute Gasteiger partial charge is 0.483 e. The van der Waals surface area contributed by atoms with Crippen LogP contribution in [0.2, 0.25) is 0 Å². The van der Waals surface area contributed by atoms with Crippen molar-refractivity contribution in [3.8, 4) is 5.75 Å². The number of sulfonamides is 1. The van der Waals surface area contributed by atoms with E-state index in [1.54, 1.807) is 18.9 Å². The fourth-order valence-corrected chi connectivity index (χ4v) is 10.3. The maximum absolute atomic E-state index is 14.9. The van der Waals surface area contributed by atoms with E-state index in [0.717, 1.165) is 41.4 Å². The molecular weight excluding hydrogens is 731 g/mol. The van der Waals surface area contributed by atoms with E-state index in [9.17, 15) is 27.6 Å². The normalized spacial score (nSPS) is 29.1. The number of benzene rings is 2. The van der Waals surface area contributed by atoms with Crippen molar-refractivity contribution in [3.63, 3.8) is 0 Å². The number of ketones is 1. The molecule has 12 nitrogen and oxygen atoms in total. The van der Waals surface area contributed by atoms with Gasteiger partial charge in [0.1, 0.15) is 17.4 Å². The number of carbonyl (C=O) groups excluding carboxylic acids is 4. The van der Waals surface area contributed by atoms with Gasteiger partial charge in [0.05, 0.1) is 34.0 Å². The molecule has 3 fully saturated rings. The molecule has 296 valence electrons. The van der Waals surface area contributed by atoms with E-state index in [-0.39, 0.29) is 37.0 Å². The Labute approximate surface area is 328 Å². The molecule has 2 saturated carbocycles. The average molecular weight is 782 g/mol. The second kappa shape index (κ2) is 14.3. The number of aryl methyl sites for hydroxylation is 2. The summed E-state index contributed by atoms with van der Waals surface area (Å²) in [4.78, 5) is 65.4. The molecule has 2 N–H and O–H groups in total. The van der Waals surface area contributed by atoms with Crippen molar-refractivity contribution in [2.24, 2.45) is 11.3 Å². The Hall–Kier alpha value is -4.78. The Morgan fingerprint density at radius 3 is 2.50 bits per heavy atom. The van der Waals surface area contributed by atoms with Crippen LogP contribution in [0.15, 0.2) is 66.7 Å². The van der Waals surface area contributed by atoms with Crippen molar-refractivity contribution in [3.05, 3.63) is 78.0 Å². The van der Waals surface area contributed by atoms with Crippen LogP contribution in [-0.2, 0) is 30.8 Å². The number of ether oxygens (including phenoxy) is 1. The summed E-state index contributed by atoms with van der Waals surface area (Å²) in [7, 11) is -2.29. The minimum atomic E-state index is -3.94. The third kappa shape index (κ3) is 6.96. The smallest absolute Gasteiger partial charge is 0.322 e. The summed E-state index contributed by atoms with van der Waals surface area (Å²) in [5, 5.41) is 4.00. The molecule has 2 aromatic carbocycles. The first-order valence-corrected chi connectivity index (χ1v) is 21.5. The zero-order valence-electron chi connectivity index (χ0n) is 32.4. The zero-order valence-corrected chi connectivity index (χ0v) is 33.2. The first-order chi connectivity index (χ1) is 26.7. The second-order valence-corrected chi connectivity index (χ2v) is 19.1. The molecule has 4 heterocycles. The highest BCUT2D eigenvalue weighted by Crippen LogP contribution is 2.58. The maximum atomic E-state index is 14.9. The number of amides is 4. The van der Waals surface area contributed by atoms with E-state index < -0.39 is 49.8 Å². The average Bonchev–Trinajstić information content (AvgIpc) is 4.08. The van der Waals surface area contributed by atoms with E-state index in [1.807, 2.05) is 73.7 Å². The molecule has 13 heteroatoms. The summed E-state index contributed by atoms with van der Waals surface area (Å²) in [6, 6.07) is 14.8. The van der Waals surface area contributed by atoms with Crippen LogP contribution in [0.3, 0.4) is 0 Å². The number of fused-ring (bicyclic) bond motifs is 5. The van der Waals surface area contributed by atoms with Gasteiger partial charge in [0, 0.05) is 36.5 Å². The summed E-state index contributed by atoms with van der Waals surface area (Å²) < 4.78 is 34.8. The van der Waals surface area contributed by atoms with Gasteiger partial charge < -0.3 is 15.0 Å². The molecule has 0 unspecified atom stereocenters. The highest BCUT2D eigenvalue weighted by molar-refractivity contribution is 7.91. The third-order valence-corrected chi connectivity index (χ3v) is 15.2. The number of urea groups is 1. The molecular formula is C43H51N5O7S. The first kappa shape index (κ1) is 38.1. The van der Waals surface area contributed by atoms with Crippen LogP contribution in [0.4, 0.5) is 10.5 Å². The number of nitrogens with zero attached hydrogens (tertiary/aromatic N) is 3. The summed E-state index contributed by atoms with van der Waals surface area (Å²) in [6.07, 6.45) is 9.85. The van der Waals surface area contributed by atoms with Gasteiger partial charge >= 0.3 is 6.03 Å². The van der Waals surface area contributed by atoms with Crippen LogP contribution in [0.25, 0.3) is 10.9 Å². The van der Waals surface area contributed by atoms with Crippen molar-refractivity contribution >= 4 is 50.2 Å². The lowest BCUT2D eigenvalue weighted by Gasteiger charge is -2.37. The molecule has 3 aromatic rings. The van der Waals surface area contributed by atoms with Crippen molar-refractivity contribution in [1.29, 1.82) is 0 Å². The van der Waals surface area contributed by atoms with E-state index in [2.05, 4.69) is 10.0 Å². The molecule has 3 aliphatic heterocycles. The topological polar surface area (TPSA) is 155 Å². The van der Waals surface area contributed by atoms with Gasteiger partial charge in [0.15, 0.2) is 5.78 Å². The molecule has 8 rings (SSSR count). The number of aromatic nitrogens is 1. The number of Topliss-reactive ketones (excluding diaryl/α,β-unsaturated/α-hetero) is 1. The molecule has 1 spiro atoms. The van der Waals surface area contributed by atoms with Gasteiger partial charge in [-0.25, -0.2) is 18.2 Å². The standard InChI is InChI=1S/C43H51N5O7S/c1-28-37-32(31-17-12-13-18-33(31)44-28)20-21-42(55-37)25-35-36(49)26-43(39(51)46-56(53,54)41(2)22-23-41)24-29(43)14-8-5-4-6-11-19-34(38(50)48(35)27-42)45-40(52)47(3)30-15-9-7-10-16-30/h7-10,12-18,29,34-35H,4-6,11,19-27H2,1-3H3,(H,45,52)(H,46,51)/b14-8-/t29-,34+,35+,42-,43-/m1/s1. The maximum Gasteiger partial charge on any atom is 0.322 e. The van der Waals surface area contributed by atoms with E-state index in [4.69, 9.17) is 9.72 Å². The zero-order chi connectivity index (χ0) is 39.5. The summed E-state index contributed by atoms with van der Waals surface area (Å²) in [5.74, 6) is -0.997. The van der Waals surface area contributed by atoms with Gasteiger partial charge in [-0.2, -0.15) is 0 Å². The molecule has 0 radical (unpaired) electrons. The van der Waals surface area contributed by atoms with Gasteiger partial charge in [-0.15, -0.1) is 0 Å². The molecule has 1 saturated heterocycles. The van der Waals surface area contributed by atoms with Crippen LogP contribution >= 0.6 is 0 Å². The number of anilines is 1.